The monoisotopic (exact) mass is 206 g/mol. The molecule has 0 bridgehead atoms. The normalized spacial score (nSPS) is 13.1. The van der Waals surface area contributed by atoms with E-state index in [9.17, 15) is 5.11 Å². The van der Waals surface area contributed by atoms with Gasteiger partial charge >= 0.3 is 0 Å². The summed E-state index contributed by atoms with van der Waals surface area (Å²) in [4.78, 5) is 0. The predicted molar refractivity (Wildman–Crippen MR) is 59.6 cm³/mol. The number of aliphatic hydroxyl groups is 1. The van der Waals surface area contributed by atoms with Crippen LogP contribution in [0.15, 0.2) is 36.4 Å². The topological polar surface area (TPSA) is 20.2 Å². The van der Waals surface area contributed by atoms with Gasteiger partial charge < -0.3 is 5.11 Å². The van der Waals surface area contributed by atoms with Crippen LogP contribution in [0.4, 0.5) is 0 Å². The molecule has 1 atom stereocenters. The third-order valence-electron chi connectivity index (χ3n) is 2.35. The van der Waals surface area contributed by atoms with Crippen LogP contribution in [0.5, 0.6) is 0 Å². The van der Waals surface area contributed by atoms with E-state index in [1.807, 2.05) is 36.4 Å². The summed E-state index contributed by atoms with van der Waals surface area (Å²) >= 11 is 6.05. The SMILES string of the molecule is C[C@@H](O)c1ccc(Cl)c2ccccc12. The number of halogens is 1. The van der Waals surface area contributed by atoms with Crippen molar-refractivity contribution < 1.29 is 5.11 Å². The Labute approximate surface area is 87.9 Å². The van der Waals surface area contributed by atoms with Crippen LogP contribution in [-0.4, -0.2) is 5.11 Å². The van der Waals surface area contributed by atoms with Crippen molar-refractivity contribution in [1.29, 1.82) is 0 Å². The maximum absolute atomic E-state index is 9.57. The molecular formula is C12H11ClO. The molecule has 0 saturated heterocycles. The van der Waals surface area contributed by atoms with E-state index >= 15 is 0 Å². The van der Waals surface area contributed by atoms with Gasteiger partial charge in [0.05, 0.1) is 6.10 Å². The van der Waals surface area contributed by atoms with Gasteiger partial charge in [0.1, 0.15) is 0 Å². The highest BCUT2D eigenvalue weighted by atomic mass is 35.5. The largest absolute Gasteiger partial charge is 0.389 e. The molecular weight excluding hydrogens is 196 g/mol. The van der Waals surface area contributed by atoms with Crippen molar-refractivity contribution in [2.75, 3.05) is 0 Å². The van der Waals surface area contributed by atoms with E-state index in [4.69, 9.17) is 11.6 Å². The van der Waals surface area contributed by atoms with Gasteiger partial charge in [-0.1, -0.05) is 41.9 Å². The molecule has 14 heavy (non-hydrogen) atoms. The lowest BCUT2D eigenvalue weighted by atomic mass is 10.0. The van der Waals surface area contributed by atoms with Gasteiger partial charge in [0.25, 0.3) is 0 Å². The zero-order valence-electron chi connectivity index (χ0n) is 7.87. The van der Waals surface area contributed by atoms with Crippen LogP contribution >= 0.6 is 11.6 Å². The fraction of sp³-hybridized carbons (Fsp3) is 0.167. The van der Waals surface area contributed by atoms with Crippen LogP contribution in [0.1, 0.15) is 18.6 Å². The van der Waals surface area contributed by atoms with Gasteiger partial charge in [0.15, 0.2) is 0 Å². The molecule has 0 aliphatic rings. The number of benzene rings is 2. The van der Waals surface area contributed by atoms with Gasteiger partial charge in [-0.25, -0.2) is 0 Å². The molecule has 0 aliphatic carbocycles. The van der Waals surface area contributed by atoms with Crippen LogP contribution < -0.4 is 0 Å². The van der Waals surface area contributed by atoms with Crippen molar-refractivity contribution in [3.8, 4) is 0 Å². The van der Waals surface area contributed by atoms with Gasteiger partial charge in [0, 0.05) is 10.4 Å². The maximum atomic E-state index is 9.57. The van der Waals surface area contributed by atoms with E-state index in [0.29, 0.717) is 0 Å². The van der Waals surface area contributed by atoms with Crippen molar-refractivity contribution in [1.82, 2.24) is 0 Å². The average molecular weight is 207 g/mol. The summed E-state index contributed by atoms with van der Waals surface area (Å²) in [6, 6.07) is 11.5. The second kappa shape index (κ2) is 3.60. The summed E-state index contributed by atoms with van der Waals surface area (Å²) in [5.74, 6) is 0. The minimum Gasteiger partial charge on any atom is -0.389 e. The molecule has 0 aliphatic heterocycles. The number of rotatable bonds is 1. The predicted octanol–water partition coefficient (Wildman–Crippen LogP) is 3.55. The number of fused-ring (bicyclic) bond motifs is 1. The molecule has 2 aromatic carbocycles. The van der Waals surface area contributed by atoms with Crippen molar-refractivity contribution in [3.63, 3.8) is 0 Å². The van der Waals surface area contributed by atoms with Gasteiger partial charge in [0.2, 0.25) is 0 Å². The van der Waals surface area contributed by atoms with E-state index in [-0.39, 0.29) is 0 Å². The van der Waals surface area contributed by atoms with E-state index in [2.05, 4.69) is 0 Å². The quantitative estimate of drug-likeness (QED) is 0.757. The minimum absolute atomic E-state index is 0.461. The number of hydrogen-bond acceptors (Lipinski definition) is 1. The summed E-state index contributed by atoms with van der Waals surface area (Å²) in [6.07, 6.45) is -0.461. The average Bonchev–Trinajstić information content (AvgIpc) is 2.18. The maximum Gasteiger partial charge on any atom is 0.0767 e. The second-order valence-electron chi connectivity index (χ2n) is 3.36. The van der Waals surface area contributed by atoms with E-state index in [1.54, 1.807) is 6.92 Å². The summed E-state index contributed by atoms with van der Waals surface area (Å²) in [6.45, 7) is 1.76. The third kappa shape index (κ3) is 1.49. The van der Waals surface area contributed by atoms with Crippen molar-refractivity contribution >= 4 is 22.4 Å². The number of aliphatic hydroxyl groups excluding tert-OH is 1. The Morgan fingerprint density at radius 1 is 1.07 bits per heavy atom. The van der Waals surface area contributed by atoms with Crippen molar-refractivity contribution in [2.24, 2.45) is 0 Å². The first-order valence-electron chi connectivity index (χ1n) is 4.55. The van der Waals surface area contributed by atoms with Gasteiger partial charge in [-0.2, -0.15) is 0 Å². The summed E-state index contributed by atoms with van der Waals surface area (Å²) in [7, 11) is 0. The molecule has 0 saturated carbocycles. The molecule has 0 unspecified atom stereocenters. The molecule has 0 radical (unpaired) electrons. The van der Waals surface area contributed by atoms with Crippen LogP contribution in [-0.2, 0) is 0 Å². The van der Waals surface area contributed by atoms with Crippen LogP contribution in [0.25, 0.3) is 10.8 Å². The molecule has 72 valence electrons. The highest BCUT2D eigenvalue weighted by Gasteiger charge is 2.07. The summed E-state index contributed by atoms with van der Waals surface area (Å²) in [5, 5.41) is 12.3. The smallest absolute Gasteiger partial charge is 0.0767 e. The summed E-state index contributed by atoms with van der Waals surface area (Å²) < 4.78 is 0. The molecule has 0 heterocycles. The Hall–Kier alpha value is -1.05. The molecule has 0 spiro atoms. The zero-order chi connectivity index (χ0) is 10.1. The summed E-state index contributed by atoms with van der Waals surface area (Å²) in [5.41, 5.74) is 0.921. The lowest BCUT2D eigenvalue weighted by Gasteiger charge is -2.09. The van der Waals surface area contributed by atoms with E-state index < -0.39 is 6.10 Å². The van der Waals surface area contributed by atoms with Crippen molar-refractivity contribution in [3.05, 3.63) is 47.0 Å². The fourth-order valence-corrected chi connectivity index (χ4v) is 1.88. The Morgan fingerprint density at radius 2 is 1.71 bits per heavy atom. The minimum atomic E-state index is -0.461. The molecule has 2 aromatic rings. The van der Waals surface area contributed by atoms with Gasteiger partial charge in [-0.05, 0) is 23.9 Å². The Balaban J connectivity index is 2.82. The van der Waals surface area contributed by atoms with Crippen LogP contribution in [0, 0.1) is 0 Å². The van der Waals surface area contributed by atoms with Gasteiger partial charge in [-0.3, -0.25) is 0 Å². The fourth-order valence-electron chi connectivity index (χ4n) is 1.65. The van der Waals surface area contributed by atoms with Gasteiger partial charge in [-0.15, -0.1) is 0 Å². The molecule has 2 heteroatoms. The van der Waals surface area contributed by atoms with E-state index in [0.717, 1.165) is 21.4 Å². The first-order chi connectivity index (χ1) is 6.70. The lowest BCUT2D eigenvalue weighted by molar-refractivity contribution is 0.201. The van der Waals surface area contributed by atoms with Crippen LogP contribution in [0.3, 0.4) is 0 Å². The molecule has 0 amide bonds. The first kappa shape index (κ1) is 9.50. The highest BCUT2D eigenvalue weighted by Crippen LogP contribution is 2.29. The van der Waals surface area contributed by atoms with Crippen LogP contribution in [0.2, 0.25) is 5.02 Å². The van der Waals surface area contributed by atoms with Crippen molar-refractivity contribution in [2.45, 2.75) is 13.0 Å². The zero-order valence-corrected chi connectivity index (χ0v) is 8.62. The second-order valence-corrected chi connectivity index (χ2v) is 3.77. The molecule has 1 nitrogen and oxygen atoms in total. The van der Waals surface area contributed by atoms with E-state index in [1.165, 1.54) is 0 Å². The Kier molecular flexibility index (Phi) is 2.44. The Bertz CT molecular complexity index is 463. The molecule has 0 fully saturated rings. The highest BCUT2D eigenvalue weighted by molar-refractivity contribution is 6.35. The number of hydrogen-bond donors (Lipinski definition) is 1. The Morgan fingerprint density at radius 3 is 2.36 bits per heavy atom. The third-order valence-corrected chi connectivity index (χ3v) is 2.68. The molecule has 2 rings (SSSR count). The lowest BCUT2D eigenvalue weighted by Crippen LogP contribution is -1.92. The molecule has 0 aromatic heterocycles. The standard InChI is InChI=1S/C12H11ClO/c1-8(14)9-6-7-12(13)11-5-3-2-4-10(9)11/h2-8,14H,1H3/t8-/m1/s1. The first-order valence-corrected chi connectivity index (χ1v) is 4.93. The molecule has 1 N–H and O–H groups in total.